The van der Waals surface area contributed by atoms with E-state index in [4.69, 9.17) is 4.74 Å². The number of benzene rings is 9. The van der Waals surface area contributed by atoms with Gasteiger partial charge in [0.1, 0.15) is 11.5 Å². The van der Waals surface area contributed by atoms with Gasteiger partial charge in [0.25, 0.3) is 0 Å². The van der Waals surface area contributed by atoms with Gasteiger partial charge in [-0.05, 0) is 89.5 Å². The molecule has 0 fully saturated rings. The Morgan fingerprint density at radius 2 is 0.847 bits per heavy atom. The number of fused-ring (bicyclic) bond motifs is 12. The zero-order valence-electron chi connectivity index (χ0n) is 32.0. The quantitative estimate of drug-likeness (QED) is 0.167. The van der Waals surface area contributed by atoms with Crippen molar-refractivity contribution in [3.63, 3.8) is 0 Å². The smallest absolute Gasteiger partial charge is 0.132 e. The van der Waals surface area contributed by atoms with Gasteiger partial charge in [-0.3, -0.25) is 0 Å². The van der Waals surface area contributed by atoms with Crippen LogP contribution in [0.5, 0.6) is 11.5 Å². The second kappa shape index (κ2) is 13.3. The Morgan fingerprint density at radius 3 is 1.56 bits per heavy atom. The largest absolute Gasteiger partial charge is 0.457 e. The van der Waals surface area contributed by atoms with Gasteiger partial charge in [-0.2, -0.15) is 0 Å². The van der Waals surface area contributed by atoms with Crippen LogP contribution in [-0.4, -0.2) is 0 Å². The minimum atomic E-state index is -0.597. The van der Waals surface area contributed by atoms with Gasteiger partial charge in [-0.1, -0.05) is 146 Å². The second-order valence-electron chi connectivity index (χ2n) is 15.2. The Labute approximate surface area is 347 Å². The second-order valence-corrected chi connectivity index (χ2v) is 16.3. The van der Waals surface area contributed by atoms with Gasteiger partial charge in [0.2, 0.25) is 0 Å². The number of hydrogen-bond donors (Lipinski definition) is 0. The summed E-state index contributed by atoms with van der Waals surface area (Å²) < 4.78 is 9.23. The van der Waals surface area contributed by atoms with Gasteiger partial charge >= 0.3 is 0 Å². The predicted octanol–water partition coefficient (Wildman–Crippen LogP) is 15.5. The molecule has 4 heteroatoms. The fraction of sp³-hybridized carbons (Fsp3) is 0.0182. The number of rotatable bonds is 6. The molecule has 1 spiro atoms. The zero-order chi connectivity index (χ0) is 38.9. The standard InChI is InChI=1S/C55H36N2OS/c1-3-19-37(20-4-1)56(38-21-5-2-6-22-38)45-29-12-13-30-46(45)57(48-32-18-36-52-54(48)40-24-8-16-35-51(40)59-52)47-31-17-28-44-53(47)39-23-7-9-25-41(39)55(44)42-26-10-14-33-49(42)58-50-34-15-11-27-43(50)55/h1-36H. The lowest BCUT2D eigenvalue weighted by molar-refractivity contribution is 0.436. The zero-order valence-corrected chi connectivity index (χ0v) is 32.8. The van der Waals surface area contributed by atoms with E-state index in [1.165, 1.54) is 42.4 Å². The van der Waals surface area contributed by atoms with Crippen molar-refractivity contribution in [3.8, 4) is 22.6 Å². The number of nitrogens with zero attached hydrogens (tertiary/aromatic N) is 2. The number of ether oxygens (including phenoxy) is 1. The highest BCUT2D eigenvalue weighted by Crippen LogP contribution is 2.64. The maximum Gasteiger partial charge on any atom is 0.132 e. The molecule has 59 heavy (non-hydrogen) atoms. The Balaban J connectivity index is 1.22. The molecule has 10 aromatic rings. The van der Waals surface area contributed by atoms with Crippen molar-refractivity contribution in [2.24, 2.45) is 0 Å². The minimum absolute atomic E-state index is 0.597. The third-order valence-corrected chi connectivity index (χ3v) is 13.2. The first-order valence-corrected chi connectivity index (χ1v) is 20.9. The average Bonchev–Trinajstić information content (AvgIpc) is 3.83. The third-order valence-electron chi connectivity index (χ3n) is 12.1. The number of anilines is 6. The minimum Gasteiger partial charge on any atom is -0.457 e. The van der Waals surface area contributed by atoms with Crippen molar-refractivity contribution >= 4 is 65.6 Å². The molecule has 0 radical (unpaired) electrons. The molecule has 0 saturated heterocycles. The molecular weight excluding hydrogens is 737 g/mol. The molecule has 2 aliphatic rings. The molecule has 9 aromatic carbocycles. The third kappa shape index (κ3) is 4.94. The van der Waals surface area contributed by atoms with Crippen LogP contribution in [0, 0.1) is 0 Å². The van der Waals surface area contributed by atoms with E-state index in [0.29, 0.717) is 0 Å². The van der Waals surface area contributed by atoms with E-state index in [9.17, 15) is 0 Å². The van der Waals surface area contributed by atoms with Crippen molar-refractivity contribution in [2.45, 2.75) is 5.41 Å². The molecule has 0 N–H and O–H groups in total. The molecule has 278 valence electrons. The summed E-state index contributed by atoms with van der Waals surface area (Å²) in [5, 5.41) is 2.50. The first kappa shape index (κ1) is 33.7. The summed E-state index contributed by atoms with van der Waals surface area (Å²) in [4.78, 5) is 4.93. The van der Waals surface area contributed by atoms with Crippen LogP contribution in [0.1, 0.15) is 22.3 Å². The van der Waals surface area contributed by atoms with Crippen LogP contribution in [0.3, 0.4) is 0 Å². The monoisotopic (exact) mass is 772 g/mol. The highest BCUT2D eigenvalue weighted by atomic mass is 32.1. The molecule has 0 unspecified atom stereocenters. The SMILES string of the molecule is c1ccc(N(c2ccccc2)c2ccccc2N(c2cccc3c2-c2ccccc2C32c3ccccc3Oc3ccccc32)c2cccc3sc4ccccc4c23)cc1. The highest BCUT2D eigenvalue weighted by molar-refractivity contribution is 7.26. The summed E-state index contributed by atoms with van der Waals surface area (Å²) in [7, 11) is 0. The van der Waals surface area contributed by atoms with Gasteiger partial charge in [0, 0.05) is 48.2 Å². The van der Waals surface area contributed by atoms with E-state index >= 15 is 0 Å². The Hall–Kier alpha value is -7.40. The van der Waals surface area contributed by atoms with E-state index in [1.54, 1.807) is 0 Å². The number of thiophene rings is 1. The summed E-state index contributed by atoms with van der Waals surface area (Å²) >= 11 is 1.85. The normalized spacial score (nSPS) is 13.0. The molecule has 1 aromatic heterocycles. The maximum absolute atomic E-state index is 6.70. The van der Waals surface area contributed by atoms with E-state index in [-0.39, 0.29) is 0 Å². The molecule has 1 aliphatic carbocycles. The van der Waals surface area contributed by atoms with Crippen LogP contribution >= 0.6 is 11.3 Å². The Kier molecular flexibility index (Phi) is 7.62. The molecule has 1 aliphatic heterocycles. The van der Waals surface area contributed by atoms with E-state index < -0.39 is 5.41 Å². The van der Waals surface area contributed by atoms with Crippen LogP contribution < -0.4 is 14.5 Å². The lowest BCUT2D eigenvalue weighted by Gasteiger charge is -2.39. The van der Waals surface area contributed by atoms with Crippen LogP contribution in [-0.2, 0) is 5.41 Å². The van der Waals surface area contributed by atoms with E-state index in [1.807, 2.05) is 11.3 Å². The number of para-hydroxylation sites is 6. The molecule has 3 nitrogen and oxygen atoms in total. The summed E-state index contributed by atoms with van der Waals surface area (Å²) in [6.07, 6.45) is 0. The lowest BCUT2D eigenvalue weighted by atomic mass is 9.66. The van der Waals surface area contributed by atoms with Crippen molar-refractivity contribution in [3.05, 3.63) is 241 Å². The van der Waals surface area contributed by atoms with Crippen molar-refractivity contribution in [1.82, 2.24) is 0 Å². The van der Waals surface area contributed by atoms with Gasteiger partial charge in [-0.15, -0.1) is 11.3 Å². The molecule has 0 atom stereocenters. The van der Waals surface area contributed by atoms with Crippen LogP contribution in [0.4, 0.5) is 34.1 Å². The van der Waals surface area contributed by atoms with Gasteiger partial charge in [0.05, 0.1) is 28.2 Å². The summed E-state index contributed by atoms with van der Waals surface area (Å²) in [6.45, 7) is 0. The van der Waals surface area contributed by atoms with E-state index in [2.05, 4.69) is 228 Å². The molecule has 2 heterocycles. The Bertz CT molecular complexity index is 3140. The molecular formula is C55H36N2OS. The van der Waals surface area contributed by atoms with Crippen molar-refractivity contribution in [2.75, 3.05) is 9.80 Å². The van der Waals surface area contributed by atoms with Gasteiger partial charge in [0.15, 0.2) is 0 Å². The fourth-order valence-corrected chi connectivity index (χ4v) is 11.0. The average molecular weight is 773 g/mol. The lowest BCUT2D eigenvalue weighted by Crippen LogP contribution is -2.32. The predicted molar refractivity (Wildman–Crippen MR) is 246 cm³/mol. The van der Waals surface area contributed by atoms with E-state index in [0.717, 1.165) is 56.8 Å². The highest BCUT2D eigenvalue weighted by Gasteiger charge is 2.52. The van der Waals surface area contributed by atoms with Crippen LogP contribution in [0.2, 0.25) is 0 Å². The van der Waals surface area contributed by atoms with Crippen LogP contribution in [0.25, 0.3) is 31.3 Å². The van der Waals surface area contributed by atoms with Gasteiger partial charge < -0.3 is 14.5 Å². The summed E-state index contributed by atoms with van der Waals surface area (Å²) in [5.74, 6) is 1.77. The molecule has 0 amide bonds. The van der Waals surface area contributed by atoms with Crippen molar-refractivity contribution < 1.29 is 4.74 Å². The Morgan fingerprint density at radius 1 is 0.356 bits per heavy atom. The first-order valence-electron chi connectivity index (χ1n) is 20.1. The molecule has 0 saturated carbocycles. The topological polar surface area (TPSA) is 15.7 Å². The maximum atomic E-state index is 6.70. The fourth-order valence-electron chi connectivity index (χ4n) is 9.83. The van der Waals surface area contributed by atoms with Crippen LogP contribution in [0.15, 0.2) is 218 Å². The first-order chi connectivity index (χ1) is 29.3. The number of hydrogen-bond acceptors (Lipinski definition) is 4. The molecule has 12 rings (SSSR count). The van der Waals surface area contributed by atoms with Gasteiger partial charge in [-0.25, -0.2) is 0 Å². The summed E-state index contributed by atoms with van der Waals surface area (Å²) in [6, 6.07) is 79.1. The van der Waals surface area contributed by atoms with Crippen molar-refractivity contribution in [1.29, 1.82) is 0 Å². The summed E-state index contributed by atoms with van der Waals surface area (Å²) in [5.41, 5.74) is 13.2. The molecule has 0 bridgehead atoms.